The van der Waals surface area contributed by atoms with Gasteiger partial charge in [0.25, 0.3) is 16.3 Å². The van der Waals surface area contributed by atoms with Gasteiger partial charge in [0.15, 0.2) is 11.6 Å². The van der Waals surface area contributed by atoms with Gasteiger partial charge >= 0.3 is 5.51 Å². The van der Waals surface area contributed by atoms with Gasteiger partial charge in [-0.2, -0.15) is 18.4 Å². The Balaban J connectivity index is 2.42. The van der Waals surface area contributed by atoms with Gasteiger partial charge in [0.2, 0.25) is 0 Å². The van der Waals surface area contributed by atoms with Gasteiger partial charge in [0.05, 0.1) is 22.5 Å². The maximum absolute atomic E-state index is 13.7. The summed E-state index contributed by atoms with van der Waals surface area (Å²) in [5.74, 6) is -2.71. The smallest absolute Gasteiger partial charge is 0.501 e. The number of nitriles is 1. The van der Waals surface area contributed by atoms with Crippen molar-refractivity contribution in [1.29, 1.82) is 5.26 Å². The van der Waals surface area contributed by atoms with E-state index in [4.69, 9.17) is 5.26 Å². The Hall–Kier alpha value is -3.20. The molecule has 0 aliphatic rings. The number of aromatic hydroxyl groups is 1. The van der Waals surface area contributed by atoms with E-state index in [1.165, 1.54) is 6.07 Å². The van der Waals surface area contributed by atoms with Crippen LogP contribution in [0.2, 0.25) is 0 Å². The van der Waals surface area contributed by atoms with E-state index in [9.17, 15) is 39.9 Å². The number of hydrogen-bond acceptors (Lipinski definition) is 4. The molecule has 0 aliphatic heterocycles. The molecule has 0 saturated heterocycles. The van der Waals surface area contributed by atoms with E-state index < -0.39 is 54.7 Å². The quantitative estimate of drug-likeness (QED) is 0.612. The highest BCUT2D eigenvalue weighted by molar-refractivity contribution is 7.92. The van der Waals surface area contributed by atoms with Gasteiger partial charge in [-0.1, -0.05) is 0 Å². The molecule has 152 valence electrons. The van der Waals surface area contributed by atoms with Crippen molar-refractivity contribution in [3.8, 4) is 17.5 Å². The first kappa shape index (κ1) is 20.5. The second-order valence-electron chi connectivity index (χ2n) is 5.79. The van der Waals surface area contributed by atoms with Gasteiger partial charge in [-0.3, -0.25) is 0 Å². The summed E-state index contributed by atoms with van der Waals surface area (Å²) in [6.45, 7) is 0. The molecule has 0 saturated carbocycles. The van der Waals surface area contributed by atoms with Gasteiger partial charge in [0, 0.05) is 17.4 Å². The summed E-state index contributed by atoms with van der Waals surface area (Å²) in [5, 5.41) is 17.8. The maximum Gasteiger partial charge on any atom is 0.501 e. The molecular formula is C17H8F6N2O3S. The molecular weight excluding hydrogens is 426 g/mol. The molecule has 1 heterocycles. The third-order valence-corrected chi connectivity index (χ3v) is 5.62. The number of phenolic OH excluding ortho intramolecular Hbond substituents is 1. The SMILES string of the molecule is N#Cc1ccc(-n2cc(S(=O)(=O)C(F)(F)F)c3c(O)c(F)ccc32)cc1C(F)F. The number of aromatic nitrogens is 1. The van der Waals surface area contributed by atoms with Crippen molar-refractivity contribution in [3.05, 3.63) is 53.5 Å². The average Bonchev–Trinajstić information content (AvgIpc) is 3.04. The highest BCUT2D eigenvalue weighted by Crippen LogP contribution is 2.41. The summed E-state index contributed by atoms with van der Waals surface area (Å²) in [5.41, 5.74) is -7.49. The Morgan fingerprint density at radius 2 is 1.79 bits per heavy atom. The first-order valence-corrected chi connectivity index (χ1v) is 9.05. The first-order chi connectivity index (χ1) is 13.4. The van der Waals surface area contributed by atoms with Crippen molar-refractivity contribution >= 4 is 20.7 Å². The number of fused-ring (bicyclic) bond motifs is 1. The molecule has 0 atom stereocenters. The van der Waals surface area contributed by atoms with Crippen molar-refractivity contribution in [2.75, 3.05) is 0 Å². The van der Waals surface area contributed by atoms with Crippen molar-refractivity contribution in [2.45, 2.75) is 16.8 Å². The van der Waals surface area contributed by atoms with Crippen LogP contribution in [0.1, 0.15) is 17.6 Å². The van der Waals surface area contributed by atoms with Crippen molar-refractivity contribution in [2.24, 2.45) is 0 Å². The van der Waals surface area contributed by atoms with Crippen LogP contribution in [0.3, 0.4) is 0 Å². The highest BCUT2D eigenvalue weighted by Gasteiger charge is 2.49. The van der Waals surface area contributed by atoms with Crippen LogP contribution >= 0.6 is 0 Å². The number of hydrogen-bond donors (Lipinski definition) is 1. The van der Waals surface area contributed by atoms with E-state index in [-0.39, 0.29) is 11.2 Å². The lowest BCUT2D eigenvalue weighted by Gasteiger charge is -2.09. The van der Waals surface area contributed by atoms with Crippen LogP contribution in [0.15, 0.2) is 41.4 Å². The fourth-order valence-electron chi connectivity index (χ4n) is 2.77. The van der Waals surface area contributed by atoms with E-state index >= 15 is 0 Å². The second kappa shape index (κ2) is 6.70. The Labute approximate surface area is 158 Å². The number of nitrogens with zero attached hydrogens (tertiary/aromatic N) is 2. The van der Waals surface area contributed by atoms with E-state index in [1.807, 2.05) is 0 Å². The van der Waals surface area contributed by atoms with Gasteiger partial charge in [-0.15, -0.1) is 0 Å². The molecule has 29 heavy (non-hydrogen) atoms. The van der Waals surface area contributed by atoms with Gasteiger partial charge in [-0.25, -0.2) is 21.6 Å². The first-order valence-electron chi connectivity index (χ1n) is 7.56. The fraction of sp³-hybridized carbons (Fsp3) is 0.118. The molecule has 12 heteroatoms. The summed E-state index contributed by atoms with van der Waals surface area (Å²) < 4.78 is 104. The Kier molecular flexibility index (Phi) is 4.74. The number of rotatable bonds is 3. The lowest BCUT2D eigenvalue weighted by Crippen LogP contribution is -2.23. The Morgan fingerprint density at radius 1 is 1.14 bits per heavy atom. The number of phenols is 1. The zero-order valence-electron chi connectivity index (χ0n) is 13.9. The second-order valence-corrected chi connectivity index (χ2v) is 7.70. The molecule has 0 unspecified atom stereocenters. The predicted octanol–water partition coefficient (Wildman–Crippen LogP) is 4.58. The van der Waals surface area contributed by atoms with Crippen molar-refractivity contribution in [3.63, 3.8) is 0 Å². The number of halogens is 6. The summed E-state index contributed by atoms with van der Waals surface area (Å²) >= 11 is 0. The molecule has 2 aromatic carbocycles. The van der Waals surface area contributed by atoms with Gasteiger partial charge in [0.1, 0.15) is 4.90 Å². The standard InChI is InChI=1S/C17H8F6N2O3S/c18-11-3-4-12-14(15(11)26)13(29(27,28)17(21,22)23)7-25(12)9-2-1-8(6-24)10(5-9)16(19)20/h1-5,7,16,26H. The lowest BCUT2D eigenvalue weighted by atomic mass is 10.1. The topological polar surface area (TPSA) is 83.1 Å². The molecule has 3 rings (SSSR count). The molecule has 3 aromatic rings. The summed E-state index contributed by atoms with van der Waals surface area (Å²) in [4.78, 5) is -1.44. The molecule has 0 amide bonds. The molecule has 1 aromatic heterocycles. The predicted molar refractivity (Wildman–Crippen MR) is 87.8 cm³/mol. The van der Waals surface area contributed by atoms with E-state index in [0.29, 0.717) is 12.3 Å². The van der Waals surface area contributed by atoms with Crippen LogP contribution in [0, 0.1) is 17.1 Å². The average molecular weight is 434 g/mol. The van der Waals surface area contributed by atoms with Crippen LogP contribution in [0.25, 0.3) is 16.6 Å². The van der Waals surface area contributed by atoms with Crippen molar-refractivity contribution < 1.29 is 39.9 Å². The third-order valence-electron chi connectivity index (χ3n) is 4.12. The third kappa shape index (κ3) is 3.17. The molecule has 0 bridgehead atoms. The molecule has 0 spiro atoms. The Morgan fingerprint density at radius 3 is 2.34 bits per heavy atom. The van der Waals surface area contributed by atoms with Crippen molar-refractivity contribution in [1.82, 2.24) is 4.57 Å². The van der Waals surface area contributed by atoms with Crippen LogP contribution < -0.4 is 0 Å². The Bertz CT molecular complexity index is 1270. The van der Waals surface area contributed by atoms with Crippen LogP contribution in [0.5, 0.6) is 5.75 Å². The molecule has 0 fully saturated rings. The van der Waals surface area contributed by atoms with Gasteiger partial charge in [-0.05, 0) is 30.3 Å². The zero-order chi connectivity index (χ0) is 21.7. The van der Waals surface area contributed by atoms with Crippen LogP contribution in [0.4, 0.5) is 26.3 Å². The van der Waals surface area contributed by atoms with E-state index in [2.05, 4.69) is 0 Å². The van der Waals surface area contributed by atoms with Crippen LogP contribution in [-0.2, 0) is 9.84 Å². The van der Waals surface area contributed by atoms with Crippen LogP contribution in [-0.4, -0.2) is 23.6 Å². The molecule has 0 aliphatic carbocycles. The lowest BCUT2D eigenvalue weighted by molar-refractivity contribution is -0.0435. The minimum atomic E-state index is -6.02. The van der Waals surface area contributed by atoms with E-state index in [1.54, 1.807) is 0 Å². The number of alkyl halides is 5. The highest BCUT2D eigenvalue weighted by atomic mass is 32.2. The summed E-state index contributed by atoms with van der Waals surface area (Å²) in [6.07, 6.45) is -2.65. The largest absolute Gasteiger partial charge is 0.504 e. The minimum absolute atomic E-state index is 0.223. The maximum atomic E-state index is 13.7. The van der Waals surface area contributed by atoms with Gasteiger partial charge < -0.3 is 9.67 Å². The van der Waals surface area contributed by atoms with E-state index in [0.717, 1.165) is 28.8 Å². The molecule has 5 nitrogen and oxygen atoms in total. The number of sulfone groups is 1. The molecule has 0 radical (unpaired) electrons. The zero-order valence-corrected chi connectivity index (χ0v) is 14.7. The normalized spacial score (nSPS) is 12.5. The molecule has 1 N–H and O–H groups in total. The minimum Gasteiger partial charge on any atom is -0.504 e. The summed E-state index contributed by atoms with van der Waals surface area (Å²) in [6, 6.07) is 5.95. The summed E-state index contributed by atoms with van der Waals surface area (Å²) in [7, 11) is -6.02. The monoisotopic (exact) mass is 434 g/mol. The fourth-order valence-corrected chi connectivity index (χ4v) is 3.74. The number of benzene rings is 2.